The molecule has 0 unspecified atom stereocenters. The molecule has 1 heterocycles. The van der Waals surface area contributed by atoms with Gasteiger partial charge in [0.25, 0.3) is 0 Å². The van der Waals surface area contributed by atoms with Crippen LogP contribution in [0.2, 0.25) is 0 Å². The Morgan fingerprint density at radius 1 is 1.27 bits per heavy atom. The van der Waals surface area contributed by atoms with Gasteiger partial charge in [0.15, 0.2) is 0 Å². The van der Waals surface area contributed by atoms with Crippen molar-refractivity contribution in [2.75, 3.05) is 12.4 Å². The zero-order valence-corrected chi connectivity index (χ0v) is 16.6. The van der Waals surface area contributed by atoms with Crippen LogP contribution in [0.15, 0.2) is 42.6 Å². The fourth-order valence-electron chi connectivity index (χ4n) is 2.86. The lowest BCUT2D eigenvalue weighted by Gasteiger charge is -2.31. The number of carbonyl (C=O) groups is 1. The number of amides is 1. The van der Waals surface area contributed by atoms with Crippen LogP contribution >= 0.6 is 11.6 Å². The van der Waals surface area contributed by atoms with Gasteiger partial charge in [-0.3, -0.25) is 4.79 Å². The fourth-order valence-corrected chi connectivity index (χ4v) is 2.98. The van der Waals surface area contributed by atoms with Gasteiger partial charge in [-0.2, -0.15) is 0 Å². The van der Waals surface area contributed by atoms with Crippen LogP contribution < -0.4 is 0 Å². The van der Waals surface area contributed by atoms with E-state index in [1.165, 1.54) is 6.07 Å². The normalized spacial score (nSPS) is 11.6. The molecule has 0 spiro atoms. The molecule has 0 fully saturated rings. The second-order valence-electron chi connectivity index (χ2n) is 7.36. The summed E-state index contributed by atoms with van der Waals surface area (Å²) in [5, 5.41) is 0. The van der Waals surface area contributed by atoms with E-state index in [9.17, 15) is 9.18 Å². The summed E-state index contributed by atoms with van der Waals surface area (Å²) in [4.78, 5) is 14.8. The first-order valence-electron chi connectivity index (χ1n) is 9.11. The maximum Gasteiger partial charge on any atom is 0.229 e. The van der Waals surface area contributed by atoms with E-state index in [0.717, 1.165) is 24.1 Å². The van der Waals surface area contributed by atoms with Gasteiger partial charge in [0, 0.05) is 30.9 Å². The van der Waals surface area contributed by atoms with E-state index in [1.54, 1.807) is 12.1 Å². The number of nitrogens with zero attached hydrogens (tertiary/aromatic N) is 2. The number of unbranched alkanes of at least 4 members (excludes halogenated alkanes) is 1. The molecule has 0 aliphatic carbocycles. The lowest BCUT2D eigenvalue weighted by Crippen LogP contribution is -2.42. The van der Waals surface area contributed by atoms with Gasteiger partial charge in [-0.05, 0) is 50.1 Å². The molecule has 1 amide bonds. The van der Waals surface area contributed by atoms with Crippen LogP contribution in [-0.4, -0.2) is 27.8 Å². The molecule has 0 N–H and O–H groups in total. The van der Waals surface area contributed by atoms with Crippen LogP contribution in [-0.2, 0) is 17.9 Å². The summed E-state index contributed by atoms with van der Waals surface area (Å²) in [5.74, 6) is 0.123. The molecule has 0 aliphatic rings. The second kappa shape index (κ2) is 9.22. The first-order valence-corrected chi connectivity index (χ1v) is 9.64. The highest BCUT2D eigenvalue weighted by molar-refractivity contribution is 6.19. The first-order chi connectivity index (χ1) is 12.4. The van der Waals surface area contributed by atoms with Gasteiger partial charge >= 0.3 is 0 Å². The Labute approximate surface area is 160 Å². The van der Waals surface area contributed by atoms with Crippen LogP contribution in [0.4, 0.5) is 4.39 Å². The van der Waals surface area contributed by atoms with Crippen molar-refractivity contribution >= 4 is 17.5 Å². The van der Waals surface area contributed by atoms with E-state index >= 15 is 0 Å². The van der Waals surface area contributed by atoms with Crippen LogP contribution in [0, 0.1) is 11.2 Å². The van der Waals surface area contributed by atoms with Crippen molar-refractivity contribution in [3.8, 4) is 0 Å². The Kier molecular flexibility index (Phi) is 7.27. The topological polar surface area (TPSA) is 25.2 Å². The van der Waals surface area contributed by atoms with Gasteiger partial charge in [0.05, 0.1) is 12.0 Å². The van der Waals surface area contributed by atoms with Crippen LogP contribution in [0.25, 0.3) is 0 Å². The summed E-state index contributed by atoms with van der Waals surface area (Å²) < 4.78 is 15.5. The largest absolute Gasteiger partial charge is 0.345 e. The Morgan fingerprint density at radius 2 is 2.04 bits per heavy atom. The Hall–Kier alpha value is -1.81. The predicted octanol–water partition coefficient (Wildman–Crippen LogP) is 5.07. The predicted molar refractivity (Wildman–Crippen MR) is 105 cm³/mol. The van der Waals surface area contributed by atoms with Gasteiger partial charge in [0.1, 0.15) is 5.82 Å². The smallest absolute Gasteiger partial charge is 0.229 e. The van der Waals surface area contributed by atoms with Gasteiger partial charge < -0.3 is 9.47 Å². The number of hydrogen-bond donors (Lipinski definition) is 0. The van der Waals surface area contributed by atoms with E-state index in [-0.39, 0.29) is 11.7 Å². The number of aromatic nitrogens is 1. The lowest BCUT2D eigenvalue weighted by molar-refractivity contribution is -0.140. The quantitative estimate of drug-likeness (QED) is 0.559. The SMILES string of the molecule is CCCCN(Cc1cccn1Cc1cccc(F)c1)C(=O)C(C)(C)CCl. The zero-order valence-electron chi connectivity index (χ0n) is 15.8. The highest BCUT2D eigenvalue weighted by Crippen LogP contribution is 2.23. The average Bonchev–Trinajstić information content (AvgIpc) is 3.04. The van der Waals surface area contributed by atoms with Crippen molar-refractivity contribution in [2.24, 2.45) is 5.41 Å². The molecule has 0 atom stereocenters. The molecule has 5 heteroatoms. The summed E-state index contributed by atoms with van der Waals surface area (Å²) in [6.45, 7) is 7.69. The molecule has 26 heavy (non-hydrogen) atoms. The van der Waals surface area contributed by atoms with Gasteiger partial charge in [-0.15, -0.1) is 11.6 Å². The number of alkyl halides is 1. The van der Waals surface area contributed by atoms with Crippen molar-refractivity contribution in [2.45, 2.75) is 46.7 Å². The highest BCUT2D eigenvalue weighted by atomic mass is 35.5. The van der Waals surface area contributed by atoms with Crippen LogP contribution in [0.5, 0.6) is 0 Å². The first kappa shape index (κ1) is 20.5. The van der Waals surface area contributed by atoms with Crippen LogP contribution in [0.1, 0.15) is 44.9 Å². The third-order valence-electron chi connectivity index (χ3n) is 4.50. The molecule has 2 aromatic rings. The number of halogens is 2. The van der Waals surface area contributed by atoms with Gasteiger partial charge in [0.2, 0.25) is 5.91 Å². The van der Waals surface area contributed by atoms with E-state index < -0.39 is 5.41 Å². The van der Waals surface area contributed by atoms with E-state index in [1.807, 2.05) is 43.1 Å². The van der Waals surface area contributed by atoms with Crippen molar-refractivity contribution in [3.63, 3.8) is 0 Å². The number of carbonyl (C=O) groups excluding carboxylic acids is 1. The lowest BCUT2D eigenvalue weighted by atomic mass is 9.94. The minimum Gasteiger partial charge on any atom is -0.345 e. The van der Waals surface area contributed by atoms with Crippen molar-refractivity contribution in [1.82, 2.24) is 9.47 Å². The Balaban J connectivity index is 2.18. The molecule has 2 rings (SSSR count). The summed E-state index contributed by atoms with van der Waals surface area (Å²) >= 11 is 6.01. The highest BCUT2D eigenvalue weighted by Gasteiger charge is 2.31. The van der Waals surface area contributed by atoms with Crippen molar-refractivity contribution in [3.05, 3.63) is 59.7 Å². The third-order valence-corrected chi connectivity index (χ3v) is 5.17. The van der Waals surface area contributed by atoms with Crippen molar-refractivity contribution in [1.29, 1.82) is 0 Å². The van der Waals surface area contributed by atoms with Gasteiger partial charge in [-0.25, -0.2) is 4.39 Å². The minimum absolute atomic E-state index is 0.0689. The molecule has 0 aliphatic heterocycles. The molecule has 1 aromatic carbocycles. The molecule has 1 aromatic heterocycles. The molecular formula is C21H28ClFN2O. The molecule has 0 saturated heterocycles. The monoisotopic (exact) mass is 378 g/mol. The molecule has 0 radical (unpaired) electrons. The summed E-state index contributed by atoms with van der Waals surface area (Å²) in [6, 6.07) is 10.6. The number of rotatable bonds is 9. The summed E-state index contributed by atoms with van der Waals surface area (Å²) in [5.41, 5.74) is 1.34. The maximum absolute atomic E-state index is 13.4. The van der Waals surface area contributed by atoms with E-state index in [0.29, 0.717) is 25.5 Å². The summed E-state index contributed by atoms with van der Waals surface area (Å²) in [6.07, 6.45) is 3.94. The van der Waals surface area contributed by atoms with Crippen LogP contribution in [0.3, 0.4) is 0 Å². The Bertz CT molecular complexity index is 726. The maximum atomic E-state index is 13.4. The molecular weight excluding hydrogens is 351 g/mol. The molecule has 0 bridgehead atoms. The number of benzene rings is 1. The molecule has 142 valence electrons. The Morgan fingerprint density at radius 3 is 2.69 bits per heavy atom. The zero-order chi connectivity index (χ0) is 19.2. The standard InChI is InChI=1S/C21H28ClFN2O/c1-4-5-11-25(20(26)21(2,3)16-22)15-19-10-7-12-24(19)14-17-8-6-9-18(23)13-17/h6-10,12-13H,4-5,11,14-16H2,1-3H3. The summed E-state index contributed by atoms with van der Waals surface area (Å²) in [7, 11) is 0. The average molecular weight is 379 g/mol. The number of hydrogen-bond acceptors (Lipinski definition) is 1. The fraction of sp³-hybridized carbons (Fsp3) is 0.476. The van der Waals surface area contributed by atoms with Crippen molar-refractivity contribution < 1.29 is 9.18 Å². The van der Waals surface area contributed by atoms with Gasteiger partial charge in [-0.1, -0.05) is 25.5 Å². The molecule has 3 nitrogen and oxygen atoms in total. The van der Waals surface area contributed by atoms with E-state index in [2.05, 4.69) is 11.5 Å². The third kappa shape index (κ3) is 5.34. The molecule has 0 saturated carbocycles. The second-order valence-corrected chi connectivity index (χ2v) is 7.62. The van der Waals surface area contributed by atoms with E-state index in [4.69, 9.17) is 11.6 Å². The minimum atomic E-state index is -0.588.